The van der Waals surface area contributed by atoms with Crippen LogP contribution in [0, 0.1) is 11.3 Å². The largest absolute Gasteiger partial charge is 0.366 e. The molecule has 1 saturated carbocycles. The molecule has 0 unspecified atom stereocenters. The number of amides is 2. The molecule has 1 aliphatic carbocycles. The van der Waals surface area contributed by atoms with Gasteiger partial charge >= 0.3 is 0 Å². The lowest BCUT2D eigenvalue weighted by atomic mass is 9.71. The molecule has 1 aromatic carbocycles. The number of ketones is 1. The molecule has 1 aromatic heterocycles. The molecule has 10 heteroatoms. The molecule has 33 heavy (non-hydrogen) atoms. The molecule has 2 aromatic rings. The highest BCUT2D eigenvalue weighted by molar-refractivity contribution is 6.22. The van der Waals surface area contributed by atoms with E-state index in [0.717, 1.165) is 25.7 Å². The third-order valence-corrected chi connectivity index (χ3v) is 7.89. The van der Waals surface area contributed by atoms with Crippen molar-refractivity contribution >= 4 is 40.2 Å². The van der Waals surface area contributed by atoms with Crippen LogP contribution in [0.1, 0.15) is 55.9 Å². The van der Waals surface area contributed by atoms with Gasteiger partial charge in [-0.25, -0.2) is 4.68 Å². The Morgan fingerprint density at radius 3 is 2.70 bits per heavy atom. The molecular formula is C23H28ClN5O4. The van der Waals surface area contributed by atoms with Crippen LogP contribution in [0.25, 0.3) is 11.0 Å². The van der Waals surface area contributed by atoms with Crippen LogP contribution in [0.3, 0.4) is 0 Å². The summed E-state index contributed by atoms with van der Waals surface area (Å²) in [5.41, 5.74) is 7.17. The Hall–Kier alpha value is -2.52. The molecule has 3 fully saturated rings. The number of alkyl halides is 1. The zero-order valence-electron chi connectivity index (χ0n) is 18.7. The van der Waals surface area contributed by atoms with Gasteiger partial charge in [-0.2, -0.15) is 0 Å². The summed E-state index contributed by atoms with van der Waals surface area (Å²) in [4.78, 5) is 40.0. The molecule has 0 bridgehead atoms. The van der Waals surface area contributed by atoms with Gasteiger partial charge in [-0.1, -0.05) is 19.1 Å². The summed E-state index contributed by atoms with van der Waals surface area (Å²) in [5.74, 6) is -0.876. The Labute approximate surface area is 196 Å². The number of Topliss-reactive ketones (excluding diaryl/α,β-unsaturated/α-hetero) is 1. The Morgan fingerprint density at radius 2 is 2.00 bits per heavy atom. The smallest absolute Gasteiger partial charge is 0.248 e. The fourth-order valence-corrected chi connectivity index (χ4v) is 5.89. The third kappa shape index (κ3) is 3.81. The average Bonchev–Trinajstić information content (AvgIpc) is 3.45. The van der Waals surface area contributed by atoms with Crippen LogP contribution in [0.15, 0.2) is 18.2 Å². The summed E-state index contributed by atoms with van der Waals surface area (Å²) in [5, 5.41) is 8.14. The average molecular weight is 474 g/mol. The second kappa shape index (κ2) is 8.06. The first-order chi connectivity index (χ1) is 15.7. The van der Waals surface area contributed by atoms with Gasteiger partial charge in [0.1, 0.15) is 30.3 Å². The minimum absolute atomic E-state index is 0.0120. The highest BCUT2D eigenvalue weighted by Gasteiger charge is 2.53. The van der Waals surface area contributed by atoms with Crippen LogP contribution in [0.5, 0.6) is 0 Å². The zero-order chi connectivity index (χ0) is 23.5. The minimum Gasteiger partial charge on any atom is -0.366 e. The fourth-order valence-electron chi connectivity index (χ4n) is 5.53. The van der Waals surface area contributed by atoms with Gasteiger partial charge in [0, 0.05) is 12.1 Å². The van der Waals surface area contributed by atoms with Gasteiger partial charge in [0.2, 0.25) is 11.8 Å². The number of fused-ring (bicyclic) bond motifs is 2. The molecule has 176 valence electrons. The quantitative estimate of drug-likeness (QED) is 0.678. The number of ether oxygens (including phenoxy) is 1. The maximum absolute atomic E-state index is 14.1. The van der Waals surface area contributed by atoms with Crippen molar-refractivity contribution in [1.29, 1.82) is 0 Å². The first-order valence-corrected chi connectivity index (χ1v) is 11.8. The lowest BCUT2D eigenvalue weighted by molar-refractivity contribution is -0.141. The molecule has 2 N–H and O–H groups in total. The van der Waals surface area contributed by atoms with Crippen molar-refractivity contribution in [2.24, 2.45) is 17.1 Å². The zero-order valence-corrected chi connectivity index (χ0v) is 19.5. The maximum Gasteiger partial charge on any atom is 0.248 e. The Bertz CT molecular complexity index is 1120. The van der Waals surface area contributed by atoms with E-state index in [2.05, 4.69) is 24.2 Å². The van der Waals surface area contributed by atoms with Crippen LogP contribution in [0.4, 0.5) is 0 Å². The van der Waals surface area contributed by atoms with E-state index in [1.165, 1.54) is 0 Å². The van der Waals surface area contributed by atoms with Crippen molar-refractivity contribution in [3.8, 4) is 0 Å². The van der Waals surface area contributed by atoms with Crippen LogP contribution in [-0.4, -0.2) is 68.2 Å². The summed E-state index contributed by atoms with van der Waals surface area (Å²) in [6.07, 6.45) is 3.16. The molecule has 0 radical (unpaired) electrons. The molecule has 2 aliphatic heterocycles. The predicted octanol–water partition coefficient (Wildman–Crippen LogP) is 2.07. The molecule has 0 spiro atoms. The van der Waals surface area contributed by atoms with E-state index in [9.17, 15) is 14.4 Å². The number of halogens is 1. The molecule has 2 saturated heterocycles. The second-order valence-electron chi connectivity index (χ2n) is 10.2. The lowest BCUT2D eigenvalue weighted by Crippen LogP contribution is -2.47. The Balaban J connectivity index is 1.57. The van der Waals surface area contributed by atoms with E-state index >= 15 is 0 Å². The van der Waals surface area contributed by atoms with Crippen molar-refractivity contribution in [3.63, 3.8) is 0 Å². The molecule has 4 atom stereocenters. The first kappa shape index (κ1) is 22.3. The first-order valence-electron chi connectivity index (χ1n) is 11.4. The van der Waals surface area contributed by atoms with Gasteiger partial charge in [-0.15, -0.1) is 16.7 Å². The van der Waals surface area contributed by atoms with Gasteiger partial charge in [0.25, 0.3) is 0 Å². The summed E-state index contributed by atoms with van der Waals surface area (Å²) in [6.45, 7) is 4.69. The van der Waals surface area contributed by atoms with Gasteiger partial charge in [-0.3, -0.25) is 14.4 Å². The molecule has 3 heterocycles. The standard InChI is InChI=1S/C23H28ClN5O4/c1-23(2)7-5-12(6-8-23)18(22(32)28-10-14(24)20-19(28)17(30)11-33-20)29-16-9-13(21(25)31)3-4-15(16)26-27-29/h3-4,9,12,14,18-20H,5-8,10-11H2,1-2H3,(H2,25,31)/t14-,18-,19+,20+/m0/s1. The molecular weight excluding hydrogens is 446 g/mol. The monoisotopic (exact) mass is 473 g/mol. The van der Waals surface area contributed by atoms with Crippen molar-refractivity contribution in [2.45, 2.75) is 63.1 Å². The van der Waals surface area contributed by atoms with Crippen LogP contribution in [-0.2, 0) is 14.3 Å². The Morgan fingerprint density at radius 1 is 1.27 bits per heavy atom. The number of aromatic nitrogens is 3. The van der Waals surface area contributed by atoms with E-state index < -0.39 is 29.5 Å². The van der Waals surface area contributed by atoms with Crippen LogP contribution < -0.4 is 5.73 Å². The van der Waals surface area contributed by atoms with E-state index in [-0.39, 0.29) is 36.2 Å². The predicted molar refractivity (Wildman–Crippen MR) is 121 cm³/mol. The topological polar surface area (TPSA) is 120 Å². The number of carbonyl (C=O) groups is 3. The van der Waals surface area contributed by atoms with Crippen LogP contribution in [0.2, 0.25) is 0 Å². The molecule has 9 nitrogen and oxygen atoms in total. The maximum atomic E-state index is 14.1. The third-order valence-electron chi connectivity index (χ3n) is 7.51. The number of primary amides is 1. The Kier molecular flexibility index (Phi) is 5.44. The van der Waals surface area contributed by atoms with Gasteiger partial charge in [0.15, 0.2) is 5.78 Å². The van der Waals surface area contributed by atoms with Gasteiger partial charge in [0.05, 0.1) is 10.9 Å². The number of benzene rings is 1. The fraction of sp³-hybridized carbons (Fsp3) is 0.609. The molecule has 5 rings (SSSR count). The summed E-state index contributed by atoms with van der Waals surface area (Å²) < 4.78 is 7.19. The number of nitrogens with zero attached hydrogens (tertiary/aromatic N) is 4. The van der Waals surface area contributed by atoms with Crippen molar-refractivity contribution in [3.05, 3.63) is 23.8 Å². The number of hydrogen-bond donors (Lipinski definition) is 1. The lowest BCUT2D eigenvalue weighted by Gasteiger charge is -2.39. The van der Waals surface area contributed by atoms with Crippen molar-refractivity contribution < 1.29 is 19.1 Å². The number of hydrogen-bond acceptors (Lipinski definition) is 6. The number of nitrogens with two attached hydrogens (primary N) is 1. The SMILES string of the molecule is CC1(C)CCC([C@@H](C(=O)N2C[C@H](Cl)[C@H]3OCC(=O)[C@H]32)n2nnc3ccc(C(N)=O)cc32)CC1. The van der Waals surface area contributed by atoms with Crippen LogP contribution >= 0.6 is 11.6 Å². The van der Waals surface area contributed by atoms with E-state index in [1.807, 2.05) is 0 Å². The molecule has 3 aliphatic rings. The highest BCUT2D eigenvalue weighted by atomic mass is 35.5. The summed E-state index contributed by atoms with van der Waals surface area (Å²) in [7, 11) is 0. The van der Waals surface area contributed by atoms with Gasteiger partial charge < -0.3 is 15.4 Å². The summed E-state index contributed by atoms with van der Waals surface area (Å²) >= 11 is 6.46. The van der Waals surface area contributed by atoms with E-state index in [0.29, 0.717) is 16.6 Å². The van der Waals surface area contributed by atoms with Gasteiger partial charge in [-0.05, 0) is 55.2 Å². The number of likely N-dealkylation sites (tertiary alicyclic amines) is 1. The summed E-state index contributed by atoms with van der Waals surface area (Å²) in [6, 6.07) is 3.58. The van der Waals surface area contributed by atoms with Crippen molar-refractivity contribution in [1.82, 2.24) is 19.9 Å². The number of rotatable bonds is 4. The number of carbonyl (C=O) groups excluding carboxylic acids is 3. The minimum atomic E-state index is -0.668. The normalized spacial score (nSPS) is 28.3. The molecule has 2 amide bonds. The second-order valence-corrected chi connectivity index (χ2v) is 10.8. The highest BCUT2D eigenvalue weighted by Crippen LogP contribution is 2.44. The van der Waals surface area contributed by atoms with Crippen molar-refractivity contribution in [2.75, 3.05) is 13.2 Å². The van der Waals surface area contributed by atoms with E-state index in [4.69, 9.17) is 22.1 Å². The van der Waals surface area contributed by atoms with E-state index in [1.54, 1.807) is 27.8 Å².